The predicted molar refractivity (Wildman–Crippen MR) is 66.5 cm³/mol. The van der Waals surface area contributed by atoms with Crippen molar-refractivity contribution in [3.63, 3.8) is 0 Å². The number of benzene rings is 1. The van der Waals surface area contributed by atoms with Crippen molar-refractivity contribution in [2.24, 2.45) is 0 Å². The maximum Gasteiger partial charge on any atom is 0.0719 e. The van der Waals surface area contributed by atoms with Crippen LogP contribution in [0.1, 0.15) is 11.5 Å². The summed E-state index contributed by atoms with van der Waals surface area (Å²) in [7, 11) is 0. The molecule has 1 aliphatic rings. The number of hydrogen-bond donors (Lipinski definition) is 1. The molecule has 0 amide bonds. The second-order valence-electron chi connectivity index (χ2n) is 4.04. The summed E-state index contributed by atoms with van der Waals surface area (Å²) >= 11 is 1.93. The average molecular weight is 231 g/mol. The highest BCUT2D eigenvalue weighted by Crippen LogP contribution is 2.39. The fraction of sp³-hybridized carbons (Fsp3) is 0.250. The van der Waals surface area contributed by atoms with Gasteiger partial charge in [-0.25, -0.2) is 0 Å². The molecule has 3 nitrogen and oxygen atoms in total. The Kier molecular flexibility index (Phi) is 2.36. The number of anilines is 1. The monoisotopic (exact) mass is 231 g/mol. The van der Waals surface area contributed by atoms with E-state index in [1.807, 2.05) is 22.6 Å². The highest BCUT2D eigenvalue weighted by atomic mass is 32.2. The van der Waals surface area contributed by atoms with Gasteiger partial charge in [0.1, 0.15) is 0 Å². The zero-order chi connectivity index (χ0) is 11.0. The van der Waals surface area contributed by atoms with Crippen LogP contribution in [0.3, 0.4) is 0 Å². The molecule has 1 aromatic heterocycles. The summed E-state index contributed by atoms with van der Waals surface area (Å²) in [5.41, 5.74) is 7.84. The van der Waals surface area contributed by atoms with E-state index in [1.54, 1.807) is 6.20 Å². The summed E-state index contributed by atoms with van der Waals surface area (Å²) in [5.74, 6) is 1.69. The third kappa shape index (κ3) is 1.69. The van der Waals surface area contributed by atoms with E-state index in [2.05, 4.69) is 29.4 Å². The van der Waals surface area contributed by atoms with Gasteiger partial charge in [-0.2, -0.15) is 5.10 Å². The first kappa shape index (κ1) is 9.78. The number of aromatic nitrogens is 2. The molecule has 2 heterocycles. The van der Waals surface area contributed by atoms with E-state index in [4.69, 9.17) is 5.73 Å². The molecule has 0 fully saturated rings. The van der Waals surface area contributed by atoms with Crippen LogP contribution in [0.15, 0.2) is 41.6 Å². The van der Waals surface area contributed by atoms with Crippen molar-refractivity contribution < 1.29 is 0 Å². The Morgan fingerprint density at radius 1 is 1.44 bits per heavy atom. The van der Waals surface area contributed by atoms with Crippen molar-refractivity contribution in [2.45, 2.75) is 17.4 Å². The molecule has 0 saturated carbocycles. The Balaban J connectivity index is 1.83. The average Bonchev–Trinajstić information content (AvgIpc) is 2.87. The Bertz CT molecular complexity index is 506. The van der Waals surface area contributed by atoms with Crippen LogP contribution in [0.25, 0.3) is 0 Å². The fourth-order valence-corrected chi connectivity index (χ4v) is 3.33. The van der Waals surface area contributed by atoms with Gasteiger partial charge in [-0.15, -0.1) is 11.8 Å². The van der Waals surface area contributed by atoms with Gasteiger partial charge in [0.15, 0.2) is 0 Å². The lowest BCUT2D eigenvalue weighted by atomic mass is 10.0. The molecular formula is C12H13N3S. The molecule has 0 spiro atoms. The van der Waals surface area contributed by atoms with Crippen molar-refractivity contribution in [3.8, 4) is 0 Å². The van der Waals surface area contributed by atoms with Crippen molar-refractivity contribution in [1.29, 1.82) is 0 Å². The zero-order valence-electron chi connectivity index (χ0n) is 8.84. The van der Waals surface area contributed by atoms with E-state index in [-0.39, 0.29) is 0 Å². The molecule has 0 radical (unpaired) electrons. The Hall–Kier alpha value is -1.42. The van der Waals surface area contributed by atoms with Gasteiger partial charge in [0, 0.05) is 29.3 Å². The Morgan fingerprint density at radius 3 is 3.12 bits per heavy atom. The minimum absolute atomic E-state index is 0.556. The summed E-state index contributed by atoms with van der Waals surface area (Å²) in [6.07, 6.45) is 3.60. The molecule has 0 bridgehead atoms. The fourth-order valence-electron chi connectivity index (χ4n) is 2.09. The highest BCUT2D eigenvalue weighted by molar-refractivity contribution is 7.99. The number of nitrogens with two attached hydrogens (primary N) is 1. The minimum Gasteiger partial charge on any atom is -0.396 e. The predicted octanol–water partition coefficient (Wildman–Crippen LogP) is 2.35. The molecule has 0 saturated heterocycles. The maximum absolute atomic E-state index is 5.66. The molecule has 3 rings (SSSR count). The van der Waals surface area contributed by atoms with E-state index < -0.39 is 0 Å². The number of nitrogen functional groups attached to an aromatic ring is 1. The molecule has 0 aliphatic carbocycles. The number of fused-ring (bicyclic) bond motifs is 1. The topological polar surface area (TPSA) is 43.8 Å². The Labute approximate surface area is 98.6 Å². The van der Waals surface area contributed by atoms with Crippen molar-refractivity contribution in [1.82, 2.24) is 9.78 Å². The molecule has 2 N–H and O–H groups in total. The Morgan fingerprint density at radius 2 is 2.31 bits per heavy atom. The van der Waals surface area contributed by atoms with Crippen molar-refractivity contribution in [2.75, 3.05) is 11.5 Å². The summed E-state index contributed by atoms with van der Waals surface area (Å²) in [5, 5.41) is 4.23. The van der Waals surface area contributed by atoms with Crippen LogP contribution in [0.2, 0.25) is 0 Å². The molecule has 1 aliphatic heterocycles. The van der Waals surface area contributed by atoms with Gasteiger partial charge in [0.2, 0.25) is 0 Å². The maximum atomic E-state index is 5.66. The first-order valence-electron chi connectivity index (χ1n) is 5.32. The van der Waals surface area contributed by atoms with Crippen LogP contribution in [0.4, 0.5) is 5.69 Å². The van der Waals surface area contributed by atoms with Gasteiger partial charge in [-0.1, -0.05) is 18.2 Å². The van der Waals surface area contributed by atoms with Gasteiger partial charge < -0.3 is 5.73 Å². The van der Waals surface area contributed by atoms with Crippen LogP contribution in [0, 0.1) is 0 Å². The standard InChI is InChI=1S/C12H13N3S/c13-10-5-14-15(7-10)6-9-8-16-12-4-2-1-3-11(9)12/h1-5,7,9H,6,8,13H2. The second kappa shape index (κ2) is 3.87. The summed E-state index contributed by atoms with van der Waals surface area (Å²) in [4.78, 5) is 1.41. The molecule has 1 atom stereocenters. The third-order valence-electron chi connectivity index (χ3n) is 2.86. The molecule has 1 aromatic carbocycles. The van der Waals surface area contributed by atoms with Crippen molar-refractivity contribution >= 4 is 17.4 Å². The molecule has 16 heavy (non-hydrogen) atoms. The van der Waals surface area contributed by atoms with Gasteiger partial charge in [-0.3, -0.25) is 4.68 Å². The summed E-state index contributed by atoms with van der Waals surface area (Å²) in [6.45, 7) is 0.918. The lowest BCUT2D eigenvalue weighted by Crippen LogP contribution is -2.09. The largest absolute Gasteiger partial charge is 0.396 e. The summed E-state index contributed by atoms with van der Waals surface area (Å²) < 4.78 is 1.93. The SMILES string of the molecule is Nc1cnn(CC2CSc3ccccc32)c1. The van der Waals surface area contributed by atoms with E-state index in [0.29, 0.717) is 5.92 Å². The third-order valence-corrected chi connectivity index (χ3v) is 4.11. The second-order valence-corrected chi connectivity index (χ2v) is 5.10. The van der Waals surface area contributed by atoms with Crippen LogP contribution >= 0.6 is 11.8 Å². The summed E-state index contributed by atoms with van der Waals surface area (Å²) in [6, 6.07) is 8.61. The number of nitrogens with zero attached hydrogens (tertiary/aromatic N) is 2. The normalized spacial score (nSPS) is 18.6. The number of hydrogen-bond acceptors (Lipinski definition) is 3. The van der Waals surface area contributed by atoms with E-state index in [0.717, 1.165) is 18.0 Å². The lowest BCUT2D eigenvalue weighted by molar-refractivity contribution is 0.549. The molecule has 1 unspecified atom stereocenters. The van der Waals surface area contributed by atoms with E-state index in [9.17, 15) is 0 Å². The lowest BCUT2D eigenvalue weighted by Gasteiger charge is -2.10. The molecule has 4 heteroatoms. The molecule has 2 aromatic rings. The van der Waals surface area contributed by atoms with Gasteiger partial charge in [0.25, 0.3) is 0 Å². The van der Waals surface area contributed by atoms with E-state index >= 15 is 0 Å². The molecule has 82 valence electrons. The molecular weight excluding hydrogens is 218 g/mol. The highest BCUT2D eigenvalue weighted by Gasteiger charge is 2.22. The van der Waals surface area contributed by atoms with Crippen molar-refractivity contribution in [3.05, 3.63) is 42.2 Å². The van der Waals surface area contributed by atoms with Crippen LogP contribution < -0.4 is 5.73 Å². The quantitative estimate of drug-likeness (QED) is 0.863. The first-order valence-corrected chi connectivity index (χ1v) is 6.31. The van der Waals surface area contributed by atoms with Crippen LogP contribution in [-0.4, -0.2) is 15.5 Å². The van der Waals surface area contributed by atoms with Crippen LogP contribution in [-0.2, 0) is 6.54 Å². The zero-order valence-corrected chi connectivity index (χ0v) is 9.65. The smallest absolute Gasteiger partial charge is 0.0719 e. The van der Waals surface area contributed by atoms with Gasteiger partial charge in [0.05, 0.1) is 11.9 Å². The van der Waals surface area contributed by atoms with Gasteiger partial charge >= 0.3 is 0 Å². The van der Waals surface area contributed by atoms with Gasteiger partial charge in [-0.05, 0) is 11.6 Å². The van der Waals surface area contributed by atoms with Crippen LogP contribution in [0.5, 0.6) is 0 Å². The van der Waals surface area contributed by atoms with E-state index in [1.165, 1.54) is 10.5 Å². The number of rotatable bonds is 2. The number of thioether (sulfide) groups is 1. The first-order chi connectivity index (χ1) is 7.83. The minimum atomic E-state index is 0.556.